The summed E-state index contributed by atoms with van der Waals surface area (Å²) in [4.78, 5) is 0. The Kier molecular flexibility index (Phi) is 0.777. The predicted octanol–water partition coefficient (Wildman–Crippen LogP) is 2.20. The van der Waals surface area contributed by atoms with Gasteiger partial charge in [0.15, 0.2) is 0 Å². The van der Waals surface area contributed by atoms with Crippen molar-refractivity contribution < 1.29 is 0 Å². The van der Waals surface area contributed by atoms with Gasteiger partial charge in [-0.2, -0.15) is 0 Å². The predicted molar refractivity (Wildman–Crippen MR) is 41.2 cm³/mol. The Morgan fingerprint density at radius 3 is 2.89 bits per heavy atom. The molecule has 0 aromatic rings. The van der Waals surface area contributed by atoms with E-state index in [4.69, 9.17) is 0 Å². The average Bonchev–Trinajstić information content (AvgIpc) is 2.50. The maximum absolute atomic E-state index is 2.51. The van der Waals surface area contributed by atoms with Crippen LogP contribution in [-0.2, 0) is 0 Å². The van der Waals surface area contributed by atoms with Crippen molar-refractivity contribution in [2.75, 3.05) is 6.16 Å². The molecule has 0 aliphatic carbocycles. The zero-order chi connectivity index (χ0) is 5.84. The van der Waals surface area contributed by atoms with Gasteiger partial charge in [0.1, 0.15) is 0 Å². The molecule has 0 radical (unpaired) electrons. The minimum absolute atomic E-state index is 0.509. The molecular weight excluding hydrogens is 127 g/mol. The summed E-state index contributed by atoms with van der Waals surface area (Å²) in [6, 6.07) is 0. The van der Waals surface area contributed by atoms with E-state index in [9.17, 15) is 0 Å². The van der Waals surface area contributed by atoms with Crippen LogP contribution in [0.3, 0.4) is 0 Å². The fourth-order valence-corrected chi connectivity index (χ4v) is 6.39. The normalized spacial score (nSPS) is 59.6. The molecule has 1 unspecified atom stereocenters. The van der Waals surface area contributed by atoms with E-state index in [-0.39, 0.29) is 0 Å². The van der Waals surface area contributed by atoms with Gasteiger partial charge < -0.3 is 0 Å². The summed E-state index contributed by atoms with van der Waals surface area (Å²) in [7, 11) is 0.509. The van der Waals surface area contributed by atoms with Gasteiger partial charge in [0, 0.05) is 5.66 Å². The summed E-state index contributed by atoms with van der Waals surface area (Å²) in [6.45, 7) is 0. The lowest BCUT2D eigenvalue weighted by atomic mass is 9.92. The lowest BCUT2D eigenvalue weighted by Gasteiger charge is -2.16. The van der Waals surface area contributed by atoms with Crippen molar-refractivity contribution in [2.45, 2.75) is 24.2 Å². The molecule has 48 valence electrons. The topological polar surface area (TPSA) is 0 Å². The molecule has 3 aliphatic heterocycles. The van der Waals surface area contributed by atoms with Crippen LogP contribution in [0.4, 0.5) is 0 Å². The molecule has 0 aromatic heterocycles. The minimum Gasteiger partial charge on any atom is -0.0923 e. The standard InChI is InChI=1S/C8H11P/c1-2-8-6-3-4-9(8)7(1)5-6/h1-2,6-8H,3-5H2/t6-,7+,8+,9?/m1/s1. The molecule has 2 saturated heterocycles. The van der Waals surface area contributed by atoms with Crippen LogP contribution < -0.4 is 0 Å². The van der Waals surface area contributed by atoms with Crippen molar-refractivity contribution in [2.24, 2.45) is 5.92 Å². The fourth-order valence-electron chi connectivity index (χ4n) is 2.69. The molecule has 0 nitrogen and oxygen atoms in total. The Hall–Kier alpha value is 0.170. The Morgan fingerprint density at radius 2 is 2.33 bits per heavy atom. The largest absolute Gasteiger partial charge is 0.0923 e. The van der Waals surface area contributed by atoms with Gasteiger partial charge in [-0.15, -0.1) is 0 Å². The first kappa shape index (κ1) is 4.91. The molecule has 3 rings (SSSR count). The Labute approximate surface area is 57.1 Å². The molecule has 4 bridgehead atoms. The molecule has 9 heavy (non-hydrogen) atoms. The van der Waals surface area contributed by atoms with Gasteiger partial charge >= 0.3 is 0 Å². The second-order valence-electron chi connectivity index (χ2n) is 3.47. The van der Waals surface area contributed by atoms with Crippen molar-refractivity contribution in [3.63, 3.8) is 0 Å². The molecule has 0 saturated carbocycles. The van der Waals surface area contributed by atoms with Crippen LogP contribution in [-0.4, -0.2) is 17.5 Å². The van der Waals surface area contributed by atoms with Crippen LogP contribution in [0.5, 0.6) is 0 Å². The van der Waals surface area contributed by atoms with E-state index in [2.05, 4.69) is 12.2 Å². The van der Waals surface area contributed by atoms with E-state index >= 15 is 0 Å². The van der Waals surface area contributed by atoms with Crippen LogP contribution in [0.15, 0.2) is 12.2 Å². The van der Waals surface area contributed by atoms with Gasteiger partial charge in [0.2, 0.25) is 0 Å². The fraction of sp³-hybridized carbons (Fsp3) is 0.750. The zero-order valence-electron chi connectivity index (χ0n) is 5.46. The highest BCUT2D eigenvalue weighted by Crippen LogP contribution is 2.68. The summed E-state index contributed by atoms with van der Waals surface area (Å²) < 4.78 is 0. The van der Waals surface area contributed by atoms with Crippen molar-refractivity contribution >= 4 is 7.92 Å². The molecule has 4 atom stereocenters. The Morgan fingerprint density at radius 1 is 1.33 bits per heavy atom. The van der Waals surface area contributed by atoms with Gasteiger partial charge in [-0.1, -0.05) is 20.1 Å². The quantitative estimate of drug-likeness (QED) is 0.355. The van der Waals surface area contributed by atoms with Crippen LogP contribution in [0.25, 0.3) is 0 Å². The molecule has 3 aliphatic rings. The monoisotopic (exact) mass is 138 g/mol. The third-order valence-electron chi connectivity index (χ3n) is 3.12. The van der Waals surface area contributed by atoms with Gasteiger partial charge in [0.05, 0.1) is 0 Å². The third kappa shape index (κ3) is 0.454. The highest BCUT2D eigenvalue weighted by Gasteiger charge is 2.48. The first-order chi connectivity index (χ1) is 4.45. The highest BCUT2D eigenvalue weighted by molar-refractivity contribution is 7.60. The summed E-state index contributed by atoms with van der Waals surface area (Å²) >= 11 is 0. The third-order valence-corrected chi connectivity index (χ3v) is 6.49. The number of hydrogen-bond donors (Lipinski definition) is 0. The smallest absolute Gasteiger partial charge is 0.000465 e. The van der Waals surface area contributed by atoms with Gasteiger partial charge in [-0.3, -0.25) is 0 Å². The van der Waals surface area contributed by atoms with Gasteiger partial charge in [-0.05, 0) is 30.6 Å². The SMILES string of the molecule is C1=C[C@H]2[C@@H]3CCP2[C@@H]1C3. The molecule has 1 heteroatoms. The molecule has 0 amide bonds. The van der Waals surface area contributed by atoms with E-state index < -0.39 is 0 Å². The van der Waals surface area contributed by atoms with E-state index in [0.29, 0.717) is 7.92 Å². The second kappa shape index (κ2) is 1.42. The molecule has 0 aromatic carbocycles. The maximum atomic E-state index is 2.51. The summed E-state index contributed by atoms with van der Waals surface area (Å²) in [5.41, 5.74) is 2.19. The number of hydrogen-bond acceptors (Lipinski definition) is 0. The minimum atomic E-state index is 0.509. The van der Waals surface area contributed by atoms with E-state index in [1.54, 1.807) is 19.0 Å². The van der Waals surface area contributed by atoms with Crippen LogP contribution in [0.2, 0.25) is 0 Å². The van der Waals surface area contributed by atoms with Crippen LogP contribution >= 0.6 is 7.92 Å². The summed E-state index contributed by atoms with van der Waals surface area (Å²) in [6.07, 6.45) is 9.73. The molecule has 2 fully saturated rings. The number of rotatable bonds is 0. The Bertz CT molecular complexity index is 173. The summed E-state index contributed by atoms with van der Waals surface area (Å²) in [5.74, 6) is 1.14. The highest BCUT2D eigenvalue weighted by atomic mass is 31.1. The first-order valence-electron chi connectivity index (χ1n) is 3.89. The van der Waals surface area contributed by atoms with Gasteiger partial charge in [0.25, 0.3) is 0 Å². The average molecular weight is 138 g/mol. The maximum Gasteiger partial charge on any atom is 0.000465 e. The van der Waals surface area contributed by atoms with Crippen molar-refractivity contribution in [3.8, 4) is 0 Å². The van der Waals surface area contributed by atoms with Crippen LogP contribution in [0.1, 0.15) is 12.8 Å². The first-order valence-corrected chi connectivity index (χ1v) is 5.56. The van der Waals surface area contributed by atoms with Gasteiger partial charge in [-0.25, -0.2) is 0 Å². The van der Waals surface area contributed by atoms with Crippen LogP contribution in [0, 0.1) is 5.92 Å². The van der Waals surface area contributed by atoms with Crippen molar-refractivity contribution in [3.05, 3.63) is 12.2 Å². The zero-order valence-corrected chi connectivity index (χ0v) is 6.35. The summed E-state index contributed by atoms with van der Waals surface area (Å²) in [5, 5.41) is 0. The van der Waals surface area contributed by atoms with Crippen molar-refractivity contribution in [1.29, 1.82) is 0 Å². The molecule has 0 N–H and O–H groups in total. The van der Waals surface area contributed by atoms with E-state index in [1.165, 1.54) is 0 Å². The molecule has 3 heterocycles. The second-order valence-corrected chi connectivity index (χ2v) is 6.20. The Balaban J connectivity index is 2.10. The van der Waals surface area contributed by atoms with E-state index in [0.717, 1.165) is 17.2 Å². The molecule has 0 spiro atoms. The lowest BCUT2D eigenvalue weighted by molar-refractivity contribution is 0.518. The lowest BCUT2D eigenvalue weighted by Crippen LogP contribution is -2.10. The number of allylic oxidation sites excluding steroid dienone is 2. The van der Waals surface area contributed by atoms with E-state index in [1.807, 2.05) is 0 Å². The molecular formula is C8H11P. The van der Waals surface area contributed by atoms with Crippen molar-refractivity contribution in [1.82, 2.24) is 0 Å².